The predicted octanol–water partition coefficient (Wildman–Crippen LogP) is 4.23. The van der Waals surface area contributed by atoms with Crippen molar-refractivity contribution in [1.29, 1.82) is 0 Å². The van der Waals surface area contributed by atoms with Crippen molar-refractivity contribution < 1.29 is 14.6 Å². The fourth-order valence-electron chi connectivity index (χ4n) is 1.21. The quantitative estimate of drug-likeness (QED) is 0.441. The topological polar surface area (TPSA) is 0 Å². The Kier molecular flexibility index (Phi) is 12.8. The molecule has 0 aliphatic carbocycles. The normalized spacial score (nSPS) is 8.50. The third kappa shape index (κ3) is 8.70. The Labute approximate surface area is 125 Å². The van der Waals surface area contributed by atoms with Gasteiger partial charge >= 0.3 is 24.8 Å². The van der Waals surface area contributed by atoms with Gasteiger partial charge in [-0.3, -0.25) is 0 Å². The maximum Gasteiger partial charge on any atom is -0.0226 e. The van der Waals surface area contributed by atoms with E-state index >= 15 is 0 Å². The van der Waals surface area contributed by atoms with Crippen molar-refractivity contribution in [2.75, 3.05) is 0 Å². The Bertz CT molecular complexity index is 341. The van der Waals surface area contributed by atoms with E-state index in [1.807, 2.05) is 6.92 Å². The minimum Gasteiger partial charge on any atom is -0.0622 e. The zero-order valence-electron chi connectivity index (χ0n) is 10.4. The van der Waals surface area contributed by atoms with E-state index in [-0.39, 0.29) is 0 Å². The summed E-state index contributed by atoms with van der Waals surface area (Å²) in [6.45, 7) is 5.50. The summed E-state index contributed by atoms with van der Waals surface area (Å²) >= 11 is 3.35. The third-order valence-electron chi connectivity index (χ3n) is 1.84. The van der Waals surface area contributed by atoms with E-state index in [1.165, 1.54) is 10.6 Å². The van der Waals surface area contributed by atoms with Crippen LogP contribution in [0.25, 0.3) is 0 Å². The van der Waals surface area contributed by atoms with E-state index in [2.05, 4.69) is 92.4 Å². The predicted molar refractivity (Wildman–Crippen MR) is 82.0 cm³/mol. The summed E-state index contributed by atoms with van der Waals surface area (Å²) in [5.41, 5.74) is 0. The van der Waals surface area contributed by atoms with Gasteiger partial charge in [0, 0.05) is 0 Å². The molecule has 0 nitrogen and oxygen atoms in total. The number of halogens is 1. The molecule has 2 aromatic rings. The average Bonchev–Trinajstić information content (AvgIpc) is 2.44. The molecule has 0 heterocycles. The SMILES string of the molecule is [CH2-]CC.[Cl][Ni].c1ccc(Pc2ccccc2)cc1. The van der Waals surface area contributed by atoms with Gasteiger partial charge in [-0.2, -0.15) is 6.42 Å². The van der Waals surface area contributed by atoms with Crippen LogP contribution in [0.1, 0.15) is 13.3 Å². The Hall–Kier alpha value is -0.346. The van der Waals surface area contributed by atoms with E-state index in [9.17, 15) is 0 Å². The van der Waals surface area contributed by atoms with E-state index in [0.717, 1.165) is 15.0 Å². The van der Waals surface area contributed by atoms with E-state index in [1.54, 1.807) is 0 Å². The van der Waals surface area contributed by atoms with E-state index < -0.39 is 0 Å². The van der Waals surface area contributed by atoms with Gasteiger partial charge in [0.15, 0.2) is 0 Å². The van der Waals surface area contributed by atoms with Crippen molar-refractivity contribution in [1.82, 2.24) is 0 Å². The molecule has 0 aliphatic heterocycles. The third-order valence-corrected chi connectivity index (χ3v) is 3.08. The number of hydrogen-bond donors (Lipinski definition) is 0. The molecule has 0 unspecified atom stereocenters. The van der Waals surface area contributed by atoms with E-state index in [0.29, 0.717) is 0 Å². The molecule has 0 fully saturated rings. The summed E-state index contributed by atoms with van der Waals surface area (Å²) in [6, 6.07) is 21.2. The Morgan fingerprint density at radius 1 is 0.889 bits per heavy atom. The van der Waals surface area contributed by atoms with Crippen LogP contribution in [-0.4, -0.2) is 0 Å². The van der Waals surface area contributed by atoms with Gasteiger partial charge in [-0.05, 0) is 10.6 Å². The molecule has 101 valence electrons. The zero-order chi connectivity index (χ0) is 13.6. The largest absolute Gasteiger partial charge is 0.0622 e. The van der Waals surface area contributed by atoms with Crippen molar-refractivity contribution in [2.24, 2.45) is 0 Å². The van der Waals surface area contributed by atoms with Crippen LogP contribution in [0.3, 0.4) is 0 Å². The molecule has 18 heavy (non-hydrogen) atoms. The molecule has 2 aromatic carbocycles. The molecule has 0 spiro atoms. The molecule has 2 rings (SSSR count). The first kappa shape index (κ1) is 17.7. The first-order valence-corrected chi connectivity index (χ1v) is 8.01. The average molecular weight is 323 g/mol. The molecular formula is C15H18ClNiP-. The van der Waals surface area contributed by atoms with Gasteiger partial charge in [0.05, 0.1) is 0 Å². The van der Waals surface area contributed by atoms with Crippen molar-refractivity contribution in [3.63, 3.8) is 0 Å². The summed E-state index contributed by atoms with van der Waals surface area (Å²) in [6.07, 6.45) is 1.00. The molecule has 0 saturated heterocycles. The molecular weight excluding hydrogens is 305 g/mol. The summed E-state index contributed by atoms with van der Waals surface area (Å²) < 4.78 is 0. The van der Waals surface area contributed by atoms with Gasteiger partial charge in [-0.25, -0.2) is 0 Å². The number of rotatable bonds is 2. The monoisotopic (exact) mass is 322 g/mol. The fourth-order valence-corrected chi connectivity index (χ4v) is 2.26. The van der Waals surface area contributed by atoms with Crippen molar-refractivity contribution in [2.45, 2.75) is 13.3 Å². The van der Waals surface area contributed by atoms with Gasteiger partial charge in [0.25, 0.3) is 0 Å². The molecule has 0 aromatic heterocycles. The molecule has 0 bridgehead atoms. The smallest absolute Gasteiger partial charge is 0.0226 e. The van der Waals surface area contributed by atoms with Crippen molar-refractivity contribution in [3.05, 3.63) is 67.6 Å². The molecule has 0 radical (unpaired) electrons. The van der Waals surface area contributed by atoms with Crippen LogP contribution < -0.4 is 10.6 Å². The molecule has 0 saturated carbocycles. The second-order valence-corrected chi connectivity index (χ2v) is 4.76. The summed E-state index contributed by atoms with van der Waals surface area (Å²) in [4.78, 5) is 0. The first-order chi connectivity index (χ1) is 8.86. The molecule has 0 amide bonds. The Morgan fingerprint density at radius 3 is 1.44 bits per heavy atom. The van der Waals surface area contributed by atoms with Crippen LogP contribution >= 0.6 is 18.8 Å². The van der Waals surface area contributed by atoms with Crippen LogP contribution in [0, 0.1) is 6.92 Å². The first-order valence-electron chi connectivity index (χ1n) is 5.65. The van der Waals surface area contributed by atoms with Crippen molar-refractivity contribution >= 4 is 29.4 Å². The fraction of sp³-hybridized carbons (Fsp3) is 0.133. The summed E-state index contributed by atoms with van der Waals surface area (Å²) in [5.74, 6) is 0. The minimum atomic E-state index is 0.777. The summed E-state index contributed by atoms with van der Waals surface area (Å²) in [7, 11) is 5.04. The number of hydrogen-bond acceptors (Lipinski definition) is 0. The van der Waals surface area contributed by atoms with Crippen LogP contribution in [0.15, 0.2) is 60.7 Å². The van der Waals surface area contributed by atoms with Crippen LogP contribution in [0.4, 0.5) is 0 Å². The second kappa shape index (κ2) is 13.1. The summed E-state index contributed by atoms with van der Waals surface area (Å²) in [5, 5.41) is 2.79. The Balaban J connectivity index is 0.000000509. The van der Waals surface area contributed by atoms with Gasteiger partial charge in [0.1, 0.15) is 0 Å². The number of benzene rings is 2. The van der Waals surface area contributed by atoms with Gasteiger partial charge in [-0.15, -0.1) is 0 Å². The van der Waals surface area contributed by atoms with Crippen LogP contribution in [-0.2, 0) is 14.6 Å². The zero-order valence-corrected chi connectivity index (χ0v) is 13.1. The van der Waals surface area contributed by atoms with Crippen molar-refractivity contribution in [3.8, 4) is 0 Å². The molecule has 0 atom stereocenters. The van der Waals surface area contributed by atoms with E-state index in [4.69, 9.17) is 0 Å². The maximum atomic E-state index is 4.26. The van der Waals surface area contributed by atoms with Gasteiger partial charge < -0.3 is 6.92 Å². The minimum absolute atomic E-state index is 0.777. The standard InChI is InChI=1S/C12H11P.C3H7.ClH.Ni/c1-3-7-11(8-4-1)13-12-9-5-2-6-10-12;1-3-2;;/h1-10,13H;1,3H2,2H3;1H;/q;-1;;+1/p-1. The van der Waals surface area contributed by atoms with Crippen LogP contribution in [0.2, 0.25) is 0 Å². The molecule has 0 aliphatic rings. The maximum absolute atomic E-state index is 4.26. The Morgan fingerprint density at radius 2 is 1.17 bits per heavy atom. The van der Waals surface area contributed by atoms with Gasteiger partial charge in [-0.1, -0.05) is 76.2 Å². The second-order valence-electron chi connectivity index (χ2n) is 3.36. The van der Waals surface area contributed by atoms with Crippen LogP contribution in [0.5, 0.6) is 0 Å². The molecule has 0 N–H and O–H groups in total. The molecule has 3 heteroatoms. The van der Waals surface area contributed by atoms with Gasteiger partial charge in [0.2, 0.25) is 0 Å².